The van der Waals surface area contributed by atoms with Gasteiger partial charge in [-0.3, -0.25) is 14.6 Å². The first-order valence-electron chi connectivity index (χ1n) is 11.3. The molecule has 8 nitrogen and oxygen atoms in total. The highest BCUT2D eigenvalue weighted by Gasteiger charge is 2.62. The molecule has 2 aliphatic heterocycles. The van der Waals surface area contributed by atoms with Crippen molar-refractivity contribution in [1.82, 2.24) is 14.9 Å². The SMILES string of the molecule is COc1ccc(C(=O)N2CCC3(CC2)C(=O)N(c2ccccc2)C3c2ccccn2)c(OC)n1. The van der Waals surface area contributed by atoms with Gasteiger partial charge in [-0.05, 0) is 43.2 Å². The van der Waals surface area contributed by atoms with Gasteiger partial charge in [0.1, 0.15) is 5.56 Å². The molecular weight excluding hydrogens is 432 g/mol. The van der Waals surface area contributed by atoms with Crippen LogP contribution >= 0.6 is 0 Å². The maximum absolute atomic E-state index is 13.6. The lowest BCUT2D eigenvalue weighted by molar-refractivity contribution is -0.144. The number of methoxy groups -OCH3 is 2. The van der Waals surface area contributed by atoms with Gasteiger partial charge in [-0.1, -0.05) is 24.3 Å². The van der Waals surface area contributed by atoms with E-state index < -0.39 is 5.41 Å². The Morgan fingerprint density at radius 2 is 1.71 bits per heavy atom. The van der Waals surface area contributed by atoms with Gasteiger partial charge in [-0.15, -0.1) is 0 Å². The molecule has 1 unspecified atom stereocenters. The summed E-state index contributed by atoms with van der Waals surface area (Å²) in [6.07, 6.45) is 2.89. The monoisotopic (exact) mass is 458 g/mol. The van der Waals surface area contributed by atoms with Crippen LogP contribution in [0.15, 0.2) is 66.9 Å². The number of para-hydroxylation sites is 1. The highest BCUT2D eigenvalue weighted by molar-refractivity contribution is 6.06. The smallest absolute Gasteiger partial charge is 0.259 e. The van der Waals surface area contributed by atoms with Crippen LogP contribution in [-0.2, 0) is 4.79 Å². The number of piperidine rings is 1. The zero-order chi connectivity index (χ0) is 23.7. The van der Waals surface area contributed by atoms with E-state index >= 15 is 0 Å². The molecule has 174 valence electrons. The third kappa shape index (κ3) is 3.46. The van der Waals surface area contributed by atoms with Crippen LogP contribution in [0.4, 0.5) is 5.69 Å². The van der Waals surface area contributed by atoms with Crippen molar-refractivity contribution in [2.45, 2.75) is 18.9 Å². The molecule has 8 heteroatoms. The number of aromatic nitrogens is 2. The molecule has 1 aromatic carbocycles. The summed E-state index contributed by atoms with van der Waals surface area (Å²) in [4.78, 5) is 39.3. The van der Waals surface area contributed by atoms with Gasteiger partial charge in [-0.25, -0.2) is 0 Å². The molecular formula is C26H26N4O4. The number of carbonyl (C=O) groups is 2. The maximum Gasteiger partial charge on any atom is 0.259 e. The molecule has 4 heterocycles. The van der Waals surface area contributed by atoms with E-state index in [-0.39, 0.29) is 23.7 Å². The molecule has 2 amide bonds. The van der Waals surface area contributed by atoms with Crippen LogP contribution in [-0.4, -0.2) is 54.0 Å². The van der Waals surface area contributed by atoms with Crippen molar-refractivity contribution in [1.29, 1.82) is 0 Å². The van der Waals surface area contributed by atoms with Crippen molar-refractivity contribution in [3.63, 3.8) is 0 Å². The third-order valence-corrected chi connectivity index (χ3v) is 6.84. The van der Waals surface area contributed by atoms with Crippen LogP contribution in [0, 0.1) is 5.41 Å². The van der Waals surface area contributed by atoms with Gasteiger partial charge in [0.15, 0.2) is 0 Å². The van der Waals surface area contributed by atoms with E-state index in [1.807, 2.05) is 53.4 Å². The van der Waals surface area contributed by atoms with Crippen molar-refractivity contribution in [3.8, 4) is 11.8 Å². The van der Waals surface area contributed by atoms with E-state index in [4.69, 9.17) is 9.47 Å². The van der Waals surface area contributed by atoms with Gasteiger partial charge >= 0.3 is 0 Å². The van der Waals surface area contributed by atoms with Gasteiger partial charge in [0.05, 0.1) is 31.4 Å². The lowest BCUT2D eigenvalue weighted by Crippen LogP contribution is -2.67. The Hall–Kier alpha value is -3.94. The van der Waals surface area contributed by atoms with Gasteiger partial charge < -0.3 is 19.3 Å². The topological polar surface area (TPSA) is 84.9 Å². The Bertz CT molecular complexity index is 1190. The first kappa shape index (κ1) is 21.9. The summed E-state index contributed by atoms with van der Waals surface area (Å²) in [5.74, 6) is 0.532. The number of ether oxygens (including phenoxy) is 2. The molecule has 3 aromatic rings. The van der Waals surface area contributed by atoms with Crippen LogP contribution in [0.1, 0.15) is 34.9 Å². The standard InChI is InChI=1S/C26H26N4O4/c1-33-21-12-11-19(23(28-21)34-2)24(31)29-16-13-26(14-17-29)22(20-10-6-7-15-27-20)30(25(26)32)18-8-4-3-5-9-18/h3-12,15,22H,13-14,16-17H2,1-2H3. The molecule has 0 radical (unpaired) electrons. The first-order valence-corrected chi connectivity index (χ1v) is 11.3. The number of benzene rings is 1. The molecule has 0 saturated carbocycles. The fourth-order valence-corrected chi connectivity index (χ4v) is 5.09. The van der Waals surface area contributed by atoms with Crippen LogP contribution < -0.4 is 14.4 Å². The summed E-state index contributed by atoms with van der Waals surface area (Å²) >= 11 is 0. The summed E-state index contributed by atoms with van der Waals surface area (Å²) in [5, 5.41) is 0. The van der Waals surface area contributed by atoms with Crippen molar-refractivity contribution in [3.05, 3.63) is 78.1 Å². The lowest BCUT2D eigenvalue weighted by atomic mass is 9.63. The predicted octanol–water partition coefficient (Wildman–Crippen LogP) is 3.50. The van der Waals surface area contributed by atoms with E-state index in [1.54, 1.807) is 23.2 Å². The summed E-state index contributed by atoms with van der Waals surface area (Å²) in [6, 6.07) is 18.6. The molecule has 2 aliphatic rings. The van der Waals surface area contributed by atoms with Crippen molar-refractivity contribution < 1.29 is 19.1 Å². The second-order valence-electron chi connectivity index (χ2n) is 8.53. The van der Waals surface area contributed by atoms with Crippen LogP contribution in [0.25, 0.3) is 0 Å². The first-order chi connectivity index (χ1) is 16.6. The number of pyridine rings is 2. The summed E-state index contributed by atoms with van der Waals surface area (Å²) in [7, 11) is 2.99. The second kappa shape index (κ2) is 8.78. The Kier molecular flexibility index (Phi) is 5.65. The number of carbonyl (C=O) groups excluding carboxylic acids is 2. The molecule has 1 atom stereocenters. The molecule has 34 heavy (non-hydrogen) atoms. The van der Waals surface area contributed by atoms with E-state index in [1.165, 1.54) is 14.2 Å². The quantitative estimate of drug-likeness (QED) is 0.544. The summed E-state index contributed by atoms with van der Waals surface area (Å²) in [5.41, 5.74) is 1.53. The molecule has 2 fully saturated rings. The zero-order valence-corrected chi connectivity index (χ0v) is 19.2. The highest BCUT2D eigenvalue weighted by Crippen LogP contribution is 2.57. The highest BCUT2D eigenvalue weighted by atomic mass is 16.5. The number of rotatable bonds is 5. The van der Waals surface area contributed by atoms with Crippen molar-refractivity contribution in [2.24, 2.45) is 5.41 Å². The minimum atomic E-state index is -0.580. The molecule has 0 aliphatic carbocycles. The van der Waals surface area contributed by atoms with Crippen molar-refractivity contribution in [2.75, 3.05) is 32.2 Å². The Labute approximate surface area is 198 Å². The zero-order valence-electron chi connectivity index (χ0n) is 19.2. The fourth-order valence-electron chi connectivity index (χ4n) is 5.09. The van der Waals surface area contributed by atoms with E-state index in [0.717, 1.165) is 11.4 Å². The van der Waals surface area contributed by atoms with Gasteiger partial charge in [0, 0.05) is 31.0 Å². The van der Waals surface area contributed by atoms with Crippen LogP contribution in [0.5, 0.6) is 11.8 Å². The number of amides is 2. The number of anilines is 1. The molecule has 0 bridgehead atoms. The average molecular weight is 459 g/mol. The van der Waals surface area contributed by atoms with Gasteiger partial charge in [0.2, 0.25) is 17.7 Å². The van der Waals surface area contributed by atoms with Gasteiger partial charge in [-0.2, -0.15) is 4.98 Å². The Balaban J connectivity index is 1.40. The normalized spacial score (nSPS) is 19.0. The number of hydrogen-bond acceptors (Lipinski definition) is 6. The fraction of sp³-hybridized carbons (Fsp3) is 0.308. The summed E-state index contributed by atoms with van der Waals surface area (Å²) < 4.78 is 10.5. The minimum Gasteiger partial charge on any atom is -0.481 e. The predicted molar refractivity (Wildman–Crippen MR) is 126 cm³/mol. The molecule has 2 aromatic heterocycles. The lowest BCUT2D eigenvalue weighted by Gasteiger charge is -2.58. The number of nitrogens with zero attached hydrogens (tertiary/aromatic N) is 4. The minimum absolute atomic E-state index is 0.0881. The second-order valence-corrected chi connectivity index (χ2v) is 8.53. The van der Waals surface area contributed by atoms with Crippen LogP contribution in [0.2, 0.25) is 0 Å². The average Bonchev–Trinajstić information content (AvgIpc) is 2.91. The van der Waals surface area contributed by atoms with Crippen LogP contribution in [0.3, 0.4) is 0 Å². The molecule has 5 rings (SSSR count). The number of hydrogen-bond donors (Lipinski definition) is 0. The van der Waals surface area contributed by atoms with Crippen molar-refractivity contribution >= 4 is 17.5 Å². The molecule has 2 saturated heterocycles. The summed E-state index contributed by atoms with van der Waals surface area (Å²) in [6.45, 7) is 0.928. The number of β-lactam (4-membered cyclic amide) rings is 1. The maximum atomic E-state index is 13.6. The Morgan fingerprint density at radius 3 is 2.35 bits per heavy atom. The number of likely N-dealkylation sites (tertiary alicyclic amines) is 1. The van der Waals surface area contributed by atoms with E-state index in [0.29, 0.717) is 37.4 Å². The van der Waals surface area contributed by atoms with E-state index in [2.05, 4.69) is 9.97 Å². The Morgan fingerprint density at radius 1 is 0.971 bits per heavy atom. The third-order valence-electron chi connectivity index (χ3n) is 6.84. The largest absolute Gasteiger partial charge is 0.481 e. The van der Waals surface area contributed by atoms with E-state index in [9.17, 15) is 9.59 Å². The van der Waals surface area contributed by atoms with Gasteiger partial charge in [0.25, 0.3) is 5.91 Å². The molecule has 0 N–H and O–H groups in total. The molecule has 1 spiro atoms.